The third-order valence-corrected chi connectivity index (χ3v) is 4.08. The average Bonchev–Trinajstić information content (AvgIpc) is 2.55. The van der Waals surface area contributed by atoms with Gasteiger partial charge in [0.25, 0.3) is 0 Å². The van der Waals surface area contributed by atoms with Gasteiger partial charge in [-0.15, -0.1) is 0 Å². The highest BCUT2D eigenvalue weighted by Gasteiger charge is 2.13. The second kappa shape index (κ2) is 8.00. The maximum absolute atomic E-state index is 12.0. The summed E-state index contributed by atoms with van der Waals surface area (Å²) in [6, 6.07) is 16.4. The van der Waals surface area contributed by atoms with Crippen LogP contribution in [0, 0.1) is 0 Å². The molecule has 0 aliphatic carbocycles. The first-order chi connectivity index (χ1) is 11.4. The first-order valence-electron chi connectivity index (χ1n) is 8.61. The Kier molecular flexibility index (Phi) is 6.02. The summed E-state index contributed by atoms with van der Waals surface area (Å²) in [5.41, 5.74) is 4.60. The van der Waals surface area contributed by atoms with E-state index in [0.717, 1.165) is 17.8 Å². The molecule has 0 saturated heterocycles. The third kappa shape index (κ3) is 5.41. The molecule has 0 radical (unpaired) electrons. The molecule has 3 nitrogen and oxygen atoms in total. The van der Waals surface area contributed by atoms with Crippen molar-refractivity contribution in [2.45, 2.75) is 46.0 Å². The summed E-state index contributed by atoms with van der Waals surface area (Å²) in [6.45, 7) is 9.30. The molecule has 0 aliphatic heterocycles. The highest BCUT2D eigenvalue weighted by molar-refractivity contribution is 5.91. The molecule has 2 aromatic carbocycles. The van der Waals surface area contributed by atoms with Crippen LogP contribution in [0.1, 0.15) is 45.2 Å². The van der Waals surface area contributed by atoms with Crippen molar-refractivity contribution in [3.05, 3.63) is 59.7 Å². The summed E-state index contributed by atoms with van der Waals surface area (Å²) in [4.78, 5) is 12.0. The van der Waals surface area contributed by atoms with Gasteiger partial charge in [0.1, 0.15) is 0 Å². The molecule has 2 N–H and O–H groups in total. The van der Waals surface area contributed by atoms with Gasteiger partial charge in [0.2, 0.25) is 5.91 Å². The molecular formula is C21H28N2O. The van der Waals surface area contributed by atoms with Crippen LogP contribution in [0.5, 0.6) is 0 Å². The normalized spacial score (nSPS) is 11.2. The predicted octanol–water partition coefficient (Wildman–Crippen LogP) is 4.99. The Labute approximate surface area is 145 Å². The highest BCUT2D eigenvalue weighted by Crippen LogP contribution is 2.23. The van der Waals surface area contributed by atoms with E-state index in [2.05, 4.69) is 74.7 Å². The van der Waals surface area contributed by atoms with Crippen molar-refractivity contribution in [3.63, 3.8) is 0 Å². The lowest BCUT2D eigenvalue weighted by Crippen LogP contribution is -2.16. The Morgan fingerprint density at radius 1 is 0.917 bits per heavy atom. The highest BCUT2D eigenvalue weighted by atomic mass is 16.1. The molecule has 3 heteroatoms. The van der Waals surface area contributed by atoms with Gasteiger partial charge in [0.15, 0.2) is 0 Å². The molecule has 0 saturated carbocycles. The zero-order chi connectivity index (χ0) is 17.6. The number of nitrogens with one attached hydrogen (secondary N) is 2. The maximum Gasteiger partial charge on any atom is 0.226 e. The molecule has 0 atom stereocenters. The van der Waals surface area contributed by atoms with Crippen LogP contribution >= 0.6 is 0 Å². The number of amides is 1. The van der Waals surface area contributed by atoms with E-state index < -0.39 is 0 Å². The zero-order valence-corrected chi connectivity index (χ0v) is 15.1. The van der Waals surface area contributed by atoms with Gasteiger partial charge in [-0.3, -0.25) is 4.79 Å². The monoisotopic (exact) mass is 324 g/mol. The van der Waals surface area contributed by atoms with Gasteiger partial charge in [0.05, 0.1) is 0 Å². The molecule has 0 aromatic heterocycles. The lowest BCUT2D eigenvalue weighted by Gasteiger charge is -2.19. The van der Waals surface area contributed by atoms with Gasteiger partial charge < -0.3 is 10.6 Å². The first-order valence-corrected chi connectivity index (χ1v) is 8.61. The van der Waals surface area contributed by atoms with Crippen LogP contribution in [0.4, 0.5) is 11.4 Å². The topological polar surface area (TPSA) is 41.1 Å². The minimum absolute atomic E-state index is 0.0242. The maximum atomic E-state index is 12.0. The van der Waals surface area contributed by atoms with Crippen LogP contribution in [0.25, 0.3) is 0 Å². The standard InChI is InChI=1S/C21H28N2O/c1-5-16-6-10-18(11-7-16)22-15-14-20(24)23-19-12-8-17(9-13-19)21(2,3)4/h6-13,22H,5,14-15H2,1-4H3,(H,23,24). The van der Waals surface area contributed by atoms with Crippen LogP contribution in [-0.2, 0) is 16.6 Å². The van der Waals surface area contributed by atoms with Crippen LogP contribution in [0.2, 0.25) is 0 Å². The quantitative estimate of drug-likeness (QED) is 0.786. The van der Waals surface area contributed by atoms with Crippen molar-refractivity contribution in [2.75, 3.05) is 17.2 Å². The van der Waals surface area contributed by atoms with Gasteiger partial charge in [-0.2, -0.15) is 0 Å². The van der Waals surface area contributed by atoms with Crippen molar-refractivity contribution in [1.82, 2.24) is 0 Å². The minimum atomic E-state index is 0.0242. The fourth-order valence-electron chi connectivity index (χ4n) is 2.46. The Hall–Kier alpha value is -2.29. The molecule has 0 fully saturated rings. The number of rotatable bonds is 6. The molecule has 0 bridgehead atoms. The van der Waals surface area contributed by atoms with Crippen molar-refractivity contribution in [3.8, 4) is 0 Å². The predicted molar refractivity (Wildman–Crippen MR) is 103 cm³/mol. The zero-order valence-electron chi connectivity index (χ0n) is 15.1. The number of benzene rings is 2. The summed E-state index contributed by atoms with van der Waals surface area (Å²) in [6.07, 6.45) is 1.48. The van der Waals surface area contributed by atoms with E-state index in [1.54, 1.807) is 0 Å². The van der Waals surface area contributed by atoms with Crippen LogP contribution in [0.15, 0.2) is 48.5 Å². The van der Waals surface area contributed by atoms with E-state index in [9.17, 15) is 4.79 Å². The van der Waals surface area contributed by atoms with Crippen LogP contribution in [0.3, 0.4) is 0 Å². The van der Waals surface area contributed by atoms with E-state index in [1.807, 2.05) is 12.1 Å². The van der Waals surface area contributed by atoms with Crippen molar-refractivity contribution >= 4 is 17.3 Å². The summed E-state index contributed by atoms with van der Waals surface area (Å²) < 4.78 is 0. The number of carbonyl (C=O) groups is 1. The molecule has 0 aliphatic rings. The van der Waals surface area contributed by atoms with Crippen LogP contribution in [-0.4, -0.2) is 12.5 Å². The fraction of sp³-hybridized carbons (Fsp3) is 0.381. The van der Waals surface area contributed by atoms with Crippen LogP contribution < -0.4 is 10.6 Å². The van der Waals surface area contributed by atoms with E-state index in [-0.39, 0.29) is 11.3 Å². The smallest absolute Gasteiger partial charge is 0.226 e. The van der Waals surface area contributed by atoms with Crippen molar-refractivity contribution < 1.29 is 4.79 Å². The van der Waals surface area contributed by atoms with E-state index in [4.69, 9.17) is 0 Å². The Morgan fingerprint density at radius 3 is 2.04 bits per heavy atom. The number of anilines is 2. The average molecular weight is 324 g/mol. The summed E-state index contributed by atoms with van der Waals surface area (Å²) in [5, 5.41) is 6.23. The van der Waals surface area contributed by atoms with Gasteiger partial charge >= 0.3 is 0 Å². The van der Waals surface area contributed by atoms with Crippen molar-refractivity contribution in [1.29, 1.82) is 0 Å². The molecule has 1 amide bonds. The van der Waals surface area contributed by atoms with Gasteiger partial charge in [-0.05, 0) is 47.2 Å². The Bertz CT molecular complexity index is 652. The van der Waals surface area contributed by atoms with Gasteiger partial charge in [-0.1, -0.05) is 52.0 Å². The number of aryl methyl sites for hydroxylation is 1. The molecule has 24 heavy (non-hydrogen) atoms. The Balaban J connectivity index is 1.78. The summed E-state index contributed by atoms with van der Waals surface area (Å²) in [5.74, 6) is 0.0242. The Morgan fingerprint density at radius 2 is 1.50 bits per heavy atom. The SMILES string of the molecule is CCc1ccc(NCCC(=O)Nc2ccc(C(C)(C)C)cc2)cc1. The largest absolute Gasteiger partial charge is 0.385 e. The lowest BCUT2D eigenvalue weighted by atomic mass is 9.87. The molecular weight excluding hydrogens is 296 g/mol. The van der Waals surface area contributed by atoms with Gasteiger partial charge in [0, 0.05) is 24.3 Å². The molecule has 128 valence electrons. The van der Waals surface area contributed by atoms with Gasteiger partial charge in [-0.25, -0.2) is 0 Å². The molecule has 2 rings (SSSR count). The fourth-order valence-corrected chi connectivity index (χ4v) is 2.46. The second-order valence-electron chi connectivity index (χ2n) is 7.10. The number of hydrogen-bond acceptors (Lipinski definition) is 2. The summed E-state index contributed by atoms with van der Waals surface area (Å²) in [7, 11) is 0. The van der Waals surface area contributed by atoms with E-state index in [0.29, 0.717) is 13.0 Å². The first kappa shape index (κ1) is 18.1. The number of carbonyl (C=O) groups excluding carboxylic acids is 1. The molecule has 0 unspecified atom stereocenters. The minimum Gasteiger partial charge on any atom is -0.385 e. The molecule has 0 spiro atoms. The third-order valence-electron chi connectivity index (χ3n) is 4.08. The number of hydrogen-bond donors (Lipinski definition) is 2. The molecule has 2 aromatic rings. The van der Waals surface area contributed by atoms with Crippen molar-refractivity contribution in [2.24, 2.45) is 0 Å². The summed E-state index contributed by atoms with van der Waals surface area (Å²) >= 11 is 0. The van der Waals surface area contributed by atoms with E-state index >= 15 is 0 Å². The lowest BCUT2D eigenvalue weighted by molar-refractivity contribution is -0.115. The molecule has 0 heterocycles. The van der Waals surface area contributed by atoms with E-state index in [1.165, 1.54) is 11.1 Å². The second-order valence-corrected chi connectivity index (χ2v) is 7.10.